The number of unbranched alkanes of at least 4 members (excludes halogenated alkanes) is 1. The Morgan fingerprint density at radius 1 is 1.21 bits per heavy atom. The third-order valence-electron chi connectivity index (χ3n) is 2.53. The Kier molecular flexibility index (Phi) is 6.81. The predicted octanol–water partition coefficient (Wildman–Crippen LogP) is 2.72. The highest BCUT2D eigenvalue weighted by Crippen LogP contribution is 2.04. The summed E-state index contributed by atoms with van der Waals surface area (Å²) in [4.78, 5) is 13.8. The molecule has 0 radical (unpaired) electrons. The summed E-state index contributed by atoms with van der Waals surface area (Å²) in [5.74, 6) is 0.521. The monoisotopic (exact) mass is 199 g/mol. The molecule has 0 amide bonds. The quantitative estimate of drug-likeness (QED) is 0.628. The van der Waals surface area contributed by atoms with Gasteiger partial charge >= 0.3 is 0 Å². The molecule has 0 fully saturated rings. The average molecular weight is 199 g/mol. The fraction of sp³-hybridized carbons (Fsp3) is 0.917. The van der Waals surface area contributed by atoms with Gasteiger partial charge in [0.15, 0.2) is 0 Å². The smallest absolute Gasteiger partial charge is 0.149 e. The largest absolute Gasteiger partial charge is 0.298 e. The Bertz CT molecular complexity index is 164. The Labute approximate surface area is 88.7 Å². The van der Waals surface area contributed by atoms with Crippen molar-refractivity contribution in [2.24, 2.45) is 5.92 Å². The summed E-state index contributed by atoms with van der Waals surface area (Å²) >= 11 is 0. The van der Waals surface area contributed by atoms with E-state index in [-0.39, 0.29) is 5.92 Å². The van der Waals surface area contributed by atoms with Crippen molar-refractivity contribution in [3.05, 3.63) is 0 Å². The first-order valence-corrected chi connectivity index (χ1v) is 5.75. The molecule has 0 saturated heterocycles. The van der Waals surface area contributed by atoms with E-state index in [9.17, 15) is 4.79 Å². The highest BCUT2D eigenvalue weighted by molar-refractivity contribution is 5.82. The Morgan fingerprint density at radius 2 is 1.79 bits per heavy atom. The molecule has 0 N–H and O–H groups in total. The molecule has 0 heterocycles. The molecule has 0 saturated carbocycles. The zero-order valence-corrected chi connectivity index (χ0v) is 10.3. The van der Waals surface area contributed by atoms with E-state index < -0.39 is 0 Å². The van der Waals surface area contributed by atoms with Gasteiger partial charge in [0.05, 0.1) is 6.54 Å². The van der Waals surface area contributed by atoms with E-state index in [2.05, 4.69) is 25.7 Å². The SMILES string of the molecule is CCCCN(CC(=O)C(C)C)C(C)C. The lowest BCUT2D eigenvalue weighted by Gasteiger charge is -2.26. The van der Waals surface area contributed by atoms with Crippen molar-refractivity contribution in [2.75, 3.05) is 13.1 Å². The molecule has 0 aliphatic carbocycles. The fourth-order valence-corrected chi connectivity index (χ4v) is 1.26. The number of hydrogen-bond donors (Lipinski definition) is 0. The standard InChI is InChI=1S/C12H25NO/c1-6-7-8-13(11(4)5)9-12(14)10(2)3/h10-11H,6-9H2,1-5H3. The minimum atomic E-state index is 0.165. The summed E-state index contributed by atoms with van der Waals surface area (Å²) < 4.78 is 0. The first-order valence-electron chi connectivity index (χ1n) is 5.75. The minimum absolute atomic E-state index is 0.165. The summed E-state index contributed by atoms with van der Waals surface area (Å²) in [6.45, 7) is 12.1. The predicted molar refractivity (Wildman–Crippen MR) is 61.5 cm³/mol. The van der Waals surface area contributed by atoms with Gasteiger partial charge in [-0.05, 0) is 26.8 Å². The van der Waals surface area contributed by atoms with Gasteiger partial charge < -0.3 is 0 Å². The molecule has 14 heavy (non-hydrogen) atoms. The molecule has 0 aromatic rings. The van der Waals surface area contributed by atoms with Crippen LogP contribution in [0.1, 0.15) is 47.5 Å². The summed E-state index contributed by atoms with van der Waals surface area (Å²) in [6.07, 6.45) is 2.38. The topological polar surface area (TPSA) is 20.3 Å². The summed E-state index contributed by atoms with van der Waals surface area (Å²) in [6, 6.07) is 0.476. The van der Waals surface area contributed by atoms with Crippen molar-refractivity contribution in [3.8, 4) is 0 Å². The zero-order valence-electron chi connectivity index (χ0n) is 10.3. The van der Waals surface area contributed by atoms with Crippen molar-refractivity contribution in [1.29, 1.82) is 0 Å². The van der Waals surface area contributed by atoms with Gasteiger partial charge in [-0.1, -0.05) is 27.2 Å². The van der Waals surface area contributed by atoms with Gasteiger partial charge in [-0.15, -0.1) is 0 Å². The zero-order chi connectivity index (χ0) is 11.1. The number of carbonyl (C=O) groups excluding carboxylic acids is 1. The van der Waals surface area contributed by atoms with Crippen molar-refractivity contribution in [3.63, 3.8) is 0 Å². The lowest BCUT2D eigenvalue weighted by atomic mass is 10.1. The highest BCUT2D eigenvalue weighted by atomic mass is 16.1. The van der Waals surface area contributed by atoms with E-state index >= 15 is 0 Å². The fourth-order valence-electron chi connectivity index (χ4n) is 1.26. The van der Waals surface area contributed by atoms with E-state index in [0.717, 1.165) is 6.54 Å². The molecule has 0 atom stereocenters. The van der Waals surface area contributed by atoms with Crippen LogP contribution in [0, 0.1) is 5.92 Å². The maximum absolute atomic E-state index is 11.6. The summed E-state index contributed by atoms with van der Waals surface area (Å²) in [7, 11) is 0. The van der Waals surface area contributed by atoms with Crippen LogP contribution < -0.4 is 0 Å². The lowest BCUT2D eigenvalue weighted by molar-refractivity contribution is -0.123. The van der Waals surface area contributed by atoms with Crippen LogP contribution in [0.25, 0.3) is 0 Å². The molecule has 0 aromatic carbocycles. The van der Waals surface area contributed by atoms with Crippen LogP contribution in [-0.4, -0.2) is 29.8 Å². The van der Waals surface area contributed by atoms with E-state index in [0.29, 0.717) is 18.4 Å². The first-order chi connectivity index (χ1) is 6.49. The van der Waals surface area contributed by atoms with Gasteiger partial charge in [-0.3, -0.25) is 9.69 Å². The van der Waals surface area contributed by atoms with Crippen LogP contribution in [0.5, 0.6) is 0 Å². The number of Topliss-reactive ketones (excluding diaryl/α,β-unsaturated/α-hetero) is 1. The molecule has 0 unspecified atom stereocenters. The third kappa shape index (κ3) is 5.38. The van der Waals surface area contributed by atoms with Crippen LogP contribution >= 0.6 is 0 Å². The molecule has 0 aliphatic heterocycles. The summed E-state index contributed by atoms with van der Waals surface area (Å²) in [5, 5.41) is 0. The van der Waals surface area contributed by atoms with Crippen molar-refractivity contribution < 1.29 is 4.79 Å². The van der Waals surface area contributed by atoms with Gasteiger partial charge in [0.25, 0.3) is 0 Å². The first kappa shape index (κ1) is 13.6. The Hall–Kier alpha value is -0.370. The van der Waals surface area contributed by atoms with Crippen LogP contribution in [0.3, 0.4) is 0 Å². The van der Waals surface area contributed by atoms with Crippen LogP contribution in [0.4, 0.5) is 0 Å². The maximum atomic E-state index is 11.6. The van der Waals surface area contributed by atoms with Crippen molar-refractivity contribution in [2.45, 2.75) is 53.5 Å². The molecule has 2 heteroatoms. The van der Waals surface area contributed by atoms with Gasteiger partial charge in [-0.2, -0.15) is 0 Å². The van der Waals surface area contributed by atoms with Gasteiger partial charge in [0.2, 0.25) is 0 Å². The van der Waals surface area contributed by atoms with Crippen molar-refractivity contribution in [1.82, 2.24) is 4.90 Å². The van der Waals surface area contributed by atoms with Gasteiger partial charge in [0.1, 0.15) is 5.78 Å². The molecular formula is C12H25NO. The molecule has 84 valence electrons. The molecule has 0 spiro atoms. The van der Waals surface area contributed by atoms with Crippen LogP contribution in [0.15, 0.2) is 0 Å². The van der Waals surface area contributed by atoms with Gasteiger partial charge in [-0.25, -0.2) is 0 Å². The lowest BCUT2D eigenvalue weighted by Crippen LogP contribution is -2.37. The Balaban J connectivity index is 4.02. The van der Waals surface area contributed by atoms with E-state index in [1.165, 1.54) is 12.8 Å². The number of rotatable bonds is 7. The van der Waals surface area contributed by atoms with Crippen molar-refractivity contribution >= 4 is 5.78 Å². The minimum Gasteiger partial charge on any atom is -0.298 e. The highest BCUT2D eigenvalue weighted by Gasteiger charge is 2.15. The molecule has 0 aliphatic rings. The average Bonchev–Trinajstić information content (AvgIpc) is 2.10. The normalized spacial score (nSPS) is 11.7. The Morgan fingerprint density at radius 3 is 2.14 bits per heavy atom. The second kappa shape index (κ2) is 6.99. The molecule has 0 rings (SSSR count). The number of hydrogen-bond acceptors (Lipinski definition) is 2. The van der Waals surface area contributed by atoms with E-state index in [4.69, 9.17) is 0 Å². The van der Waals surface area contributed by atoms with E-state index in [1.54, 1.807) is 0 Å². The molecule has 2 nitrogen and oxygen atoms in total. The van der Waals surface area contributed by atoms with Crippen LogP contribution in [-0.2, 0) is 4.79 Å². The number of ketones is 1. The maximum Gasteiger partial charge on any atom is 0.149 e. The summed E-state index contributed by atoms with van der Waals surface area (Å²) in [5.41, 5.74) is 0. The molecular weight excluding hydrogens is 174 g/mol. The van der Waals surface area contributed by atoms with Crippen LogP contribution in [0.2, 0.25) is 0 Å². The van der Waals surface area contributed by atoms with E-state index in [1.807, 2.05) is 13.8 Å². The third-order valence-corrected chi connectivity index (χ3v) is 2.53. The number of carbonyl (C=O) groups is 1. The molecule has 0 bridgehead atoms. The second-order valence-electron chi connectivity index (χ2n) is 4.54. The molecule has 0 aromatic heterocycles. The van der Waals surface area contributed by atoms with Gasteiger partial charge in [0, 0.05) is 12.0 Å². The number of nitrogens with zero attached hydrogens (tertiary/aromatic N) is 1. The second-order valence-corrected chi connectivity index (χ2v) is 4.54.